The van der Waals surface area contributed by atoms with Crippen LogP contribution in [0.5, 0.6) is 0 Å². The zero-order valence-corrected chi connectivity index (χ0v) is 12.7. The maximum atomic E-state index is 11.9. The largest absolute Gasteiger partial charge is 0.465 e. The molecule has 0 radical (unpaired) electrons. The molecule has 1 aromatic rings. The van der Waals surface area contributed by atoms with Crippen LogP contribution in [0.25, 0.3) is 0 Å². The van der Waals surface area contributed by atoms with Crippen LogP contribution in [-0.4, -0.2) is 36.8 Å². The number of carbonyl (C=O) groups is 1. The second-order valence-corrected chi connectivity index (χ2v) is 6.42. The van der Waals surface area contributed by atoms with Crippen LogP contribution >= 0.6 is 11.3 Å². The summed E-state index contributed by atoms with van der Waals surface area (Å²) in [5.74, 6) is -0.295. The Labute approximate surface area is 122 Å². The van der Waals surface area contributed by atoms with Crippen molar-refractivity contribution < 1.29 is 14.3 Å². The molecule has 2 aliphatic carbocycles. The van der Waals surface area contributed by atoms with Crippen molar-refractivity contribution in [2.24, 2.45) is 0 Å². The third-order valence-electron chi connectivity index (χ3n) is 4.04. The Kier molecular flexibility index (Phi) is 3.94. The second-order valence-electron chi connectivity index (χ2n) is 5.34. The Morgan fingerprint density at radius 1 is 1.50 bits per heavy atom. The van der Waals surface area contributed by atoms with Gasteiger partial charge < -0.3 is 14.8 Å². The fourth-order valence-corrected chi connectivity index (χ4v) is 3.93. The number of methoxy groups -OCH3 is 1. The summed E-state index contributed by atoms with van der Waals surface area (Å²) in [7, 11) is 1.75. The monoisotopic (exact) mass is 296 g/mol. The van der Waals surface area contributed by atoms with Gasteiger partial charge in [-0.1, -0.05) is 0 Å². The van der Waals surface area contributed by atoms with Crippen LogP contribution in [0, 0.1) is 0 Å². The van der Waals surface area contributed by atoms with Gasteiger partial charge in [0.25, 0.3) is 0 Å². The normalized spacial score (nSPS) is 27.8. The van der Waals surface area contributed by atoms with E-state index in [0.717, 1.165) is 36.5 Å². The number of thiazole rings is 1. The highest BCUT2D eigenvalue weighted by molar-refractivity contribution is 7.15. The Balaban J connectivity index is 1.63. The minimum atomic E-state index is -0.162. The highest BCUT2D eigenvalue weighted by Crippen LogP contribution is 2.40. The molecule has 2 aliphatic rings. The smallest absolute Gasteiger partial charge is 0.315 e. The number of esters is 1. The van der Waals surface area contributed by atoms with E-state index in [2.05, 4.69) is 10.3 Å². The van der Waals surface area contributed by atoms with Gasteiger partial charge in [-0.2, -0.15) is 0 Å². The summed E-state index contributed by atoms with van der Waals surface area (Å²) in [6.45, 7) is 2.27. The molecule has 1 heterocycles. The van der Waals surface area contributed by atoms with Gasteiger partial charge in [0.2, 0.25) is 0 Å². The van der Waals surface area contributed by atoms with Gasteiger partial charge in [-0.25, -0.2) is 4.98 Å². The van der Waals surface area contributed by atoms with E-state index in [1.807, 2.05) is 6.92 Å². The van der Waals surface area contributed by atoms with Crippen molar-refractivity contribution in [1.29, 1.82) is 0 Å². The van der Waals surface area contributed by atoms with Gasteiger partial charge in [-0.3, -0.25) is 4.79 Å². The number of nitrogens with zero attached hydrogens (tertiary/aromatic N) is 1. The first-order chi connectivity index (χ1) is 9.71. The molecule has 0 bridgehead atoms. The first-order valence-corrected chi connectivity index (χ1v) is 7.98. The fourth-order valence-electron chi connectivity index (χ4n) is 2.81. The van der Waals surface area contributed by atoms with Gasteiger partial charge in [0.05, 0.1) is 18.4 Å². The summed E-state index contributed by atoms with van der Waals surface area (Å²) in [6, 6.07) is 0.451. The molecule has 0 amide bonds. The van der Waals surface area contributed by atoms with Crippen LogP contribution in [0.15, 0.2) is 0 Å². The predicted octanol–water partition coefficient (Wildman–Crippen LogP) is 2.33. The molecular formula is C14H20N2O3S. The molecular weight excluding hydrogens is 276 g/mol. The van der Waals surface area contributed by atoms with E-state index in [1.54, 1.807) is 18.4 Å². The average molecular weight is 296 g/mol. The van der Waals surface area contributed by atoms with E-state index < -0.39 is 0 Å². The number of carbonyl (C=O) groups excluding carboxylic acids is 1. The van der Waals surface area contributed by atoms with E-state index in [1.165, 1.54) is 4.88 Å². The molecule has 1 N–H and O–H groups in total. The topological polar surface area (TPSA) is 60.5 Å². The van der Waals surface area contributed by atoms with Gasteiger partial charge in [0, 0.05) is 18.0 Å². The van der Waals surface area contributed by atoms with Gasteiger partial charge in [-0.15, -0.1) is 11.3 Å². The van der Waals surface area contributed by atoms with Crippen molar-refractivity contribution >= 4 is 22.4 Å². The molecule has 0 spiro atoms. The number of fused-ring (bicyclic) bond motifs is 1. The first kappa shape index (κ1) is 13.8. The molecule has 1 fully saturated rings. The summed E-state index contributed by atoms with van der Waals surface area (Å²) in [6.07, 6.45) is 4.21. The van der Waals surface area contributed by atoms with Gasteiger partial charge >= 0.3 is 5.97 Å². The lowest BCUT2D eigenvalue weighted by molar-refractivity contribution is -0.145. The molecule has 1 unspecified atom stereocenters. The zero-order chi connectivity index (χ0) is 14.1. The lowest BCUT2D eigenvalue weighted by Crippen LogP contribution is -2.40. The molecule has 20 heavy (non-hydrogen) atoms. The number of aryl methyl sites for hydroxylation is 1. The van der Waals surface area contributed by atoms with Gasteiger partial charge in [0.1, 0.15) is 5.92 Å². The second kappa shape index (κ2) is 5.69. The highest BCUT2D eigenvalue weighted by Gasteiger charge is 2.35. The Morgan fingerprint density at radius 3 is 3.00 bits per heavy atom. The van der Waals surface area contributed by atoms with Crippen LogP contribution in [-0.2, 0) is 20.7 Å². The standard InChI is InChI=1S/C14H20N2O3S/c1-3-19-13(17)10-4-5-11-12(10)16-14(20-11)15-8-6-9(7-8)18-2/h8-10H,3-7H2,1-2H3,(H,15,16). The Hall–Kier alpha value is -1.14. The number of nitrogens with one attached hydrogen (secondary N) is 1. The number of anilines is 1. The lowest BCUT2D eigenvalue weighted by atomic mass is 9.89. The van der Waals surface area contributed by atoms with Gasteiger partial charge in [0.15, 0.2) is 5.13 Å². The molecule has 110 valence electrons. The molecule has 1 saturated carbocycles. The molecule has 1 aromatic heterocycles. The quantitative estimate of drug-likeness (QED) is 0.845. The van der Waals surface area contributed by atoms with Gasteiger partial charge in [-0.05, 0) is 32.6 Å². The third kappa shape index (κ3) is 2.54. The van der Waals surface area contributed by atoms with Crippen molar-refractivity contribution in [2.75, 3.05) is 19.0 Å². The first-order valence-electron chi connectivity index (χ1n) is 7.16. The van der Waals surface area contributed by atoms with E-state index >= 15 is 0 Å². The predicted molar refractivity (Wildman–Crippen MR) is 77.3 cm³/mol. The Morgan fingerprint density at radius 2 is 2.30 bits per heavy atom. The number of hydrogen-bond donors (Lipinski definition) is 1. The lowest BCUT2D eigenvalue weighted by Gasteiger charge is -2.34. The molecule has 0 aromatic carbocycles. The van der Waals surface area contributed by atoms with Crippen molar-refractivity contribution in [2.45, 2.75) is 50.7 Å². The summed E-state index contributed by atoms with van der Waals surface area (Å²) < 4.78 is 10.4. The maximum absolute atomic E-state index is 11.9. The summed E-state index contributed by atoms with van der Waals surface area (Å²) >= 11 is 1.68. The fraction of sp³-hybridized carbons (Fsp3) is 0.714. The molecule has 1 atom stereocenters. The van der Waals surface area contributed by atoms with Crippen LogP contribution in [0.4, 0.5) is 5.13 Å². The minimum Gasteiger partial charge on any atom is -0.465 e. The van der Waals surface area contributed by atoms with Crippen molar-refractivity contribution in [1.82, 2.24) is 4.98 Å². The Bertz CT molecular complexity index is 497. The van der Waals surface area contributed by atoms with Crippen LogP contribution in [0.2, 0.25) is 0 Å². The average Bonchev–Trinajstić information content (AvgIpc) is 2.92. The summed E-state index contributed by atoms with van der Waals surface area (Å²) in [4.78, 5) is 17.7. The summed E-state index contributed by atoms with van der Waals surface area (Å²) in [5.41, 5.74) is 0.929. The molecule has 5 nitrogen and oxygen atoms in total. The third-order valence-corrected chi connectivity index (χ3v) is 5.11. The van der Waals surface area contributed by atoms with E-state index in [-0.39, 0.29) is 11.9 Å². The highest BCUT2D eigenvalue weighted by atomic mass is 32.1. The van der Waals surface area contributed by atoms with E-state index in [0.29, 0.717) is 18.8 Å². The van der Waals surface area contributed by atoms with E-state index in [9.17, 15) is 4.79 Å². The number of aromatic nitrogens is 1. The maximum Gasteiger partial charge on any atom is 0.315 e. The number of rotatable bonds is 5. The molecule has 6 heteroatoms. The number of ether oxygens (including phenoxy) is 2. The minimum absolute atomic E-state index is 0.133. The SMILES string of the molecule is CCOC(=O)C1CCc2sc(NC3CC(OC)C3)nc21. The van der Waals surface area contributed by atoms with Crippen molar-refractivity contribution in [3.05, 3.63) is 10.6 Å². The molecule has 3 rings (SSSR count). The molecule has 0 aliphatic heterocycles. The van der Waals surface area contributed by atoms with Crippen LogP contribution < -0.4 is 5.32 Å². The zero-order valence-electron chi connectivity index (χ0n) is 11.8. The van der Waals surface area contributed by atoms with E-state index in [4.69, 9.17) is 9.47 Å². The number of hydrogen-bond acceptors (Lipinski definition) is 6. The van der Waals surface area contributed by atoms with Crippen molar-refractivity contribution in [3.63, 3.8) is 0 Å². The van der Waals surface area contributed by atoms with Crippen LogP contribution in [0.3, 0.4) is 0 Å². The van der Waals surface area contributed by atoms with Crippen LogP contribution in [0.1, 0.15) is 42.7 Å². The summed E-state index contributed by atoms with van der Waals surface area (Å²) in [5, 5.41) is 4.37. The van der Waals surface area contributed by atoms with Crippen molar-refractivity contribution in [3.8, 4) is 0 Å². The molecule has 0 saturated heterocycles.